The molecule has 0 atom stereocenters. The van der Waals surface area contributed by atoms with Gasteiger partial charge in [0.15, 0.2) is 0 Å². The second kappa shape index (κ2) is 11.3. The van der Waals surface area contributed by atoms with Gasteiger partial charge in [0.1, 0.15) is 11.2 Å². The Morgan fingerprint density at radius 1 is 0.327 bits per heavy atom. The lowest BCUT2D eigenvalue weighted by atomic mass is 9.88. The van der Waals surface area contributed by atoms with E-state index in [1.54, 1.807) is 0 Å². The van der Waals surface area contributed by atoms with E-state index in [0.29, 0.717) is 0 Å². The highest BCUT2D eigenvalue weighted by Gasteiger charge is 2.22. The number of para-hydroxylation sites is 1. The zero-order valence-corrected chi connectivity index (χ0v) is 28.3. The molecule has 0 aliphatic rings. The van der Waals surface area contributed by atoms with Crippen molar-refractivity contribution in [3.05, 3.63) is 188 Å². The maximum absolute atomic E-state index is 6.76. The highest BCUT2D eigenvalue weighted by atomic mass is 16.3. The molecule has 2 heteroatoms. The minimum absolute atomic E-state index is 0.947. The van der Waals surface area contributed by atoms with Crippen molar-refractivity contribution in [2.45, 2.75) is 0 Å². The third-order valence-electron chi connectivity index (χ3n) is 10.8. The predicted octanol–water partition coefficient (Wildman–Crippen LogP) is 14.4. The fourth-order valence-corrected chi connectivity index (χ4v) is 8.36. The molecule has 0 unspecified atom stereocenters. The van der Waals surface area contributed by atoms with E-state index < -0.39 is 0 Å². The van der Waals surface area contributed by atoms with Crippen LogP contribution < -0.4 is 4.90 Å². The molecule has 0 aliphatic carbocycles. The van der Waals surface area contributed by atoms with E-state index in [1.807, 2.05) is 0 Å². The molecular formula is C50H31NO. The average Bonchev–Trinajstić information content (AvgIpc) is 3.62. The molecule has 0 saturated heterocycles. The smallest absolute Gasteiger partial charge is 0.143 e. The molecule has 0 saturated carbocycles. The Morgan fingerprint density at radius 3 is 1.63 bits per heavy atom. The second-order valence-electron chi connectivity index (χ2n) is 13.7. The average molecular weight is 662 g/mol. The maximum Gasteiger partial charge on any atom is 0.143 e. The van der Waals surface area contributed by atoms with Gasteiger partial charge < -0.3 is 9.32 Å². The second-order valence-corrected chi connectivity index (χ2v) is 13.7. The summed E-state index contributed by atoms with van der Waals surface area (Å²) in [4.78, 5) is 2.31. The van der Waals surface area contributed by atoms with Crippen LogP contribution in [0.5, 0.6) is 0 Å². The summed E-state index contributed by atoms with van der Waals surface area (Å²) in [6.45, 7) is 0. The van der Waals surface area contributed by atoms with Crippen molar-refractivity contribution in [2.24, 2.45) is 0 Å². The van der Waals surface area contributed by atoms with Crippen LogP contribution in [0, 0.1) is 0 Å². The minimum atomic E-state index is 0.947. The fraction of sp³-hybridized carbons (Fsp3) is 0. The molecule has 2 nitrogen and oxygen atoms in total. The molecule has 11 aromatic rings. The van der Waals surface area contributed by atoms with Crippen LogP contribution in [-0.4, -0.2) is 0 Å². The van der Waals surface area contributed by atoms with Crippen LogP contribution in [0.1, 0.15) is 0 Å². The van der Waals surface area contributed by atoms with Crippen molar-refractivity contribution >= 4 is 71.3 Å². The van der Waals surface area contributed by atoms with Gasteiger partial charge in [-0.25, -0.2) is 0 Å². The summed E-state index contributed by atoms with van der Waals surface area (Å²) >= 11 is 0. The first-order valence-electron chi connectivity index (χ1n) is 17.8. The Labute approximate surface area is 301 Å². The lowest BCUT2D eigenvalue weighted by Crippen LogP contribution is -2.09. The predicted molar refractivity (Wildman–Crippen MR) is 220 cm³/mol. The monoisotopic (exact) mass is 661 g/mol. The first-order valence-corrected chi connectivity index (χ1v) is 17.8. The number of nitrogens with zero attached hydrogens (tertiary/aromatic N) is 1. The van der Waals surface area contributed by atoms with Crippen LogP contribution >= 0.6 is 0 Å². The lowest BCUT2D eigenvalue weighted by molar-refractivity contribution is 0.670. The van der Waals surface area contributed by atoms with E-state index in [2.05, 4.69) is 193 Å². The van der Waals surface area contributed by atoms with Crippen LogP contribution in [0.2, 0.25) is 0 Å². The molecule has 0 bridgehead atoms. The molecular weight excluding hydrogens is 631 g/mol. The summed E-state index contributed by atoms with van der Waals surface area (Å²) in [5, 5.41) is 10.1. The number of furan rings is 1. The van der Waals surface area contributed by atoms with E-state index in [9.17, 15) is 0 Å². The quantitative estimate of drug-likeness (QED) is 0.130. The molecule has 242 valence electrons. The Hall–Kier alpha value is -6.90. The molecule has 0 radical (unpaired) electrons. The van der Waals surface area contributed by atoms with E-state index in [1.165, 1.54) is 65.3 Å². The number of hydrogen-bond acceptors (Lipinski definition) is 2. The molecule has 1 heterocycles. The van der Waals surface area contributed by atoms with Crippen LogP contribution in [0.4, 0.5) is 17.1 Å². The molecule has 0 aliphatic heterocycles. The van der Waals surface area contributed by atoms with Gasteiger partial charge in [0.2, 0.25) is 0 Å². The van der Waals surface area contributed by atoms with Gasteiger partial charge in [-0.05, 0) is 109 Å². The summed E-state index contributed by atoms with van der Waals surface area (Å²) in [7, 11) is 0. The highest BCUT2D eigenvalue weighted by Crippen LogP contribution is 2.48. The number of benzene rings is 10. The van der Waals surface area contributed by atoms with Gasteiger partial charge in [-0.1, -0.05) is 133 Å². The van der Waals surface area contributed by atoms with E-state index >= 15 is 0 Å². The minimum Gasteiger partial charge on any atom is -0.455 e. The highest BCUT2D eigenvalue weighted by molar-refractivity contribution is 6.40. The van der Waals surface area contributed by atoms with Gasteiger partial charge in [-0.2, -0.15) is 0 Å². The van der Waals surface area contributed by atoms with Gasteiger partial charge in [-0.15, -0.1) is 0 Å². The Bertz CT molecular complexity index is 3030. The molecule has 10 aromatic carbocycles. The van der Waals surface area contributed by atoms with Crippen molar-refractivity contribution < 1.29 is 4.42 Å². The van der Waals surface area contributed by atoms with Crippen molar-refractivity contribution in [1.29, 1.82) is 0 Å². The van der Waals surface area contributed by atoms with E-state index in [0.717, 1.165) is 39.4 Å². The standard InChI is InChI=1S/C50H31NO/c1-3-9-32(10-4-1)33-19-24-40(25-20-33)51(39-14-5-2-6-15-39)41-26-21-34(22-27-41)37-12-7-13-38(31-37)42-28-29-44-43-16-8-11-35-17-18-36-23-30-45-49(47(36)46(35)43)48(44)50(42)52-45/h1-31H. The van der Waals surface area contributed by atoms with Gasteiger partial charge >= 0.3 is 0 Å². The normalized spacial score (nSPS) is 11.8. The Morgan fingerprint density at radius 2 is 0.885 bits per heavy atom. The number of hydrogen-bond donors (Lipinski definition) is 0. The third-order valence-corrected chi connectivity index (χ3v) is 10.8. The molecule has 0 N–H and O–H groups in total. The Kier molecular flexibility index (Phi) is 6.28. The summed E-state index contributed by atoms with van der Waals surface area (Å²) in [5.41, 5.74) is 12.2. The Balaban J connectivity index is 0.989. The largest absolute Gasteiger partial charge is 0.455 e. The van der Waals surface area contributed by atoms with Gasteiger partial charge in [0.25, 0.3) is 0 Å². The van der Waals surface area contributed by atoms with E-state index in [-0.39, 0.29) is 0 Å². The molecule has 0 spiro atoms. The first-order chi connectivity index (χ1) is 25.8. The zero-order valence-electron chi connectivity index (χ0n) is 28.3. The first kappa shape index (κ1) is 28.9. The summed E-state index contributed by atoms with van der Waals surface area (Å²) in [6, 6.07) is 67.7. The van der Waals surface area contributed by atoms with Crippen molar-refractivity contribution in [3.63, 3.8) is 0 Å². The third kappa shape index (κ3) is 4.38. The van der Waals surface area contributed by atoms with E-state index in [4.69, 9.17) is 4.42 Å². The molecule has 1 aromatic heterocycles. The van der Waals surface area contributed by atoms with Gasteiger partial charge in [0.05, 0.1) is 0 Å². The molecule has 0 amide bonds. The molecule has 11 rings (SSSR count). The summed E-state index contributed by atoms with van der Waals surface area (Å²) in [6.07, 6.45) is 0. The van der Waals surface area contributed by atoms with Crippen LogP contribution in [0.15, 0.2) is 192 Å². The van der Waals surface area contributed by atoms with Crippen molar-refractivity contribution in [1.82, 2.24) is 0 Å². The lowest BCUT2D eigenvalue weighted by Gasteiger charge is -2.26. The maximum atomic E-state index is 6.76. The summed E-state index contributed by atoms with van der Waals surface area (Å²) < 4.78 is 6.76. The fourth-order valence-electron chi connectivity index (χ4n) is 8.36. The van der Waals surface area contributed by atoms with Crippen LogP contribution in [-0.2, 0) is 0 Å². The molecule has 0 fully saturated rings. The number of anilines is 3. The van der Waals surface area contributed by atoms with Crippen LogP contribution in [0.3, 0.4) is 0 Å². The zero-order chi connectivity index (χ0) is 34.2. The SMILES string of the molecule is c1ccc(-c2ccc(N(c3ccccc3)c3ccc(-c4cccc(-c5ccc6c7cccc8ccc9ccc%10oc5c6c%10c9c87)c4)cc3)cc2)cc1. The van der Waals surface area contributed by atoms with Crippen molar-refractivity contribution in [3.8, 4) is 33.4 Å². The molecule has 52 heavy (non-hydrogen) atoms. The number of rotatable bonds is 6. The van der Waals surface area contributed by atoms with Gasteiger partial charge in [-0.3, -0.25) is 0 Å². The summed E-state index contributed by atoms with van der Waals surface area (Å²) in [5.74, 6) is 0. The van der Waals surface area contributed by atoms with Crippen LogP contribution in [0.25, 0.3) is 87.6 Å². The van der Waals surface area contributed by atoms with Crippen molar-refractivity contribution in [2.75, 3.05) is 4.90 Å². The topological polar surface area (TPSA) is 16.4 Å². The van der Waals surface area contributed by atoms with Gasteiger partial charge in [0, 0.05) is 38.8 Å². The number of fused-ring (bicyclic) bond motifs is 1.